The smallest absolute Gasteiger partial charge is 0.272 e. The molecule has 5 nitrogen and oxygen atoms in total. The minimum Gasteiger partial charge on any atom is -0.493 e. The van der Waals surface area contributed by atoms with Crippen LogP contribution in [0.2, 0.25) is 0 Å². The number of ether oxygens (including phenoxy) is 1. The standard InChI is InChI=1S/C11H15FN2O3/c1-7(3-4-13)9-5-8(14(15)16)6-10(12)11(9)17-2/h5-7H,3-4,13H2,1-2H3. The summed E-state index contributed by atoms with van der Waals surface area (Å²) >= 11 is 0. The van der Waals surface area contributed by atoms with Gasteiger partial charge in [-0.25, -0.2) is 4.39 Å². The minimum absolute atomic E-state index is 0.0524. The van der Waals surface area contributed by atoms with Crippen molar-refractivity contribution in [3.05, 3.63) is 33.6 Å². The number of hydrogen-bond donors (Lipinski definition) is 1. The summed E-state index contributed by atoms with van der Waals surface area (Å²) in [5.41, 5.74) is 5.63. The number of nitrogens with zero attached hydrogens (tertiary/aromatic N) is 1. The van der Waals surface area contributed by atoms with Crippen molar-refractivity contribution in [2.75, 3.05) is 13.7 Å². The van der Waals surface area contributed by atoms with Crippen LogP contribution in [0.1, 0.15) is 24.8 Å². The van der Waals surface area contributed by atoms with Gasteiger partial charge in [-0.15, -0.1) is 0 Å². The first-order valence-corrected chi connectivity index (χ1v) is 5.23. The minimum atomic E-state index is -0.722. The molecule has 1 atom stereocenters. The van der Waals surface area contributed by atoms with E-state index in [2.05, 4.69) is 0 Å². The van der Waals surface area contributed by atoms with Gasteiger partial charge >= 0.3 is 0 Å². The van der Waals surface area contributed by atoms with Crippen molar-refractivity contribution in [3.8, 4) is 5.75 Å². The van der Waals surface area contributed by atoms with Crippen molar-refractivity contribution < 1.29 is 14.1 Å². The summed E-state index contributed by atoms with van der Waals surface area (Å²) in [6.45, 7) is 2.25. The molecular formula is C11H15FN2O3. The number of methoxy groups -OCH3 is 1. The van der Waals surface area contributed by atoms with Crippen molar-refractivity contribution in [3.63, 3.8) is 0 Å². The highest BCUT2D eigenvalue weighted by molar-refractivity contribution is 5.46. The molecule has 2 N–H and O–H groups in total. The van der Waals surface area contributed by atoms with E-state index in [1.54, 1.807) is 0 Å². The van der Waals surface area contributed by atoms with E-state index in [4.69, 9.17) is 10.5 Å². The quantitative estimate of drug-likeness (QED) is 0.634. The first-order chi connectivity index (χ1) is 8.01. The van der Waals surface area contributed by atoms with Gasteiger partial charge in [-0.3, -0.25) is 10.1 Å². The molecule has 17 heavy (non-hydrogen) atoms. The number of benzene rings is 1. The van der Waals surface area contributed by atoms with E-state index >= 15 is 0 Å². The Morgan fingerprint density at radius 3 is 2.71 bits per heavy atom. The molecule has 94 valence electrons. The third kappa shape index (κ3) is 2.91. The molecule has 0 saturated carbocycles. The zero-order valence-corrected chi connectivity index (χ0v) is 9.77. The molecule has 1 aromatic rings. The maximum absolute atomic E-state index is 13.6. The van der Waals surface area contributed by atoms with E-state index in [1.807, 2.05) is 6.92 Å². The second-order valence-electron chi connectivity index (χ2n) is 3.79. The van der Waals surface area contributed by atoms with Crippen LogP contribution in [-0.2, 0) is 0 Å². The maximum atomic E-state index is 13.6. The molecule has 0 heterocycles. The molecule has 1 unspecified atom stereocenters. The molecule has 0 bridgehead atoms. The Morgan fingerprint density at radius 2 is 2.24 bits per heavy atom. The van der Waals surface area contributed by atoms with Gasteiger partial charge in [-0.2, -0.15) is 0 Å². The molecule has 0 spiro atoms. The third-order valence-corrected chi connectivity index (χ3v) is 2.60. The van der Waals surface area contributed by atoms with Gasteiger partial charge in [-0.05, 0) is 18.9 Å². The van der Waals surface area contributed by atoms with Gasteiger partial charge in [0.2, 0.25) is 0 Å². The van der Waals surface area contributed by atoms with Crippen molar-refractivity contribution in [1.82, 2.24) is 0 Å². The average molecular weight is 242 g/mol. The highest BCUT2D eigenvalue weighted by atomic mass is 19.1. The van der Waals surface area contributed by atoms with Crippen LogP contribution in [0, 0.1) is 15.9 Å². The highest BCUT2D eigenvalue weighted by Gasteiger charge is 2.20. The Labute approximate surface area is 98.5 Å². The number of nitro groups is 1. The van der Waals surface area contributed by atoms with Crippen molar-refractivity contribution in [2.45, 2.75) is 19.3 Å². The molecule has 0 aliphatic carbocycles. The predicted octanol–water partition coefficient (Wildman–Crippen LogP) is 2.19. The van der Waals surface area contributed by atoms with E-state index < -0.39 is 10.7 Å². The van der Waals surface area contributed by atoms with E-state index in [9.17, 15) is 14.5 Å². The highest BCUT2D eigenvalue weighted by Crippen LogP contribution is 2.34. The SMILES string of the molecule is COc1c(F)cc([N+](=O)[O-])cc1C(C)CCN. The lowest BCUT2D eigenvalue weighted by atomic mass is 9.96. The number of hydrogen-bond acceptors (Lipinski definition) is 4. The van der Waals surface area contributed by atoms with Crippen molar-refractivity contribution in [2.24, 2.45) is 5.73 Å². The molecule has 0 aliphatic rings. The Kier molecular flexibility index (Phi) is 4.39. The first kappa shape index (κ1) is 13.4. The summed E-state index contributed by atoms with van der Waals surface area (Å²) in [6, 6.07) is 2.19. The van der Waals surface area contributed by atoms with E-state index in [0.29, 0.717) is 18.5 Å². The molecule has 6 heteroatoms. The second-order valence-corrected chi connectivity index (χ2v) is 3.79. The largest absolute Gasteiger partial charge is 0.493 e. The topological polar surface area (TPSA) is 78.4 Å². The zero-order valence-electron chi connectivity index (χ0n) is 9.77. The molecule has 1 aromatic carbocycles. The van der Waals surface area contributed by atoms with Crippen LogP contribution >= 0.6 is 0 Å². The van der Waals surface area contributed by atoms with Gasteiger partial charge in [0.1, 0.15) is 0 Å². The number of non-ortho nitro benzene ring substituents is 1. The fourth-order valence-corrected chi connectivity index (χ4v) is 1.69. The monoisotopic (exact) mass is 242 g/mol. The summed E-state index contributed by atoms with van der Waals surface area (Å²) in [4.78, 5) is 10.0. The van der Waals surface area contributed by atoms with Gasteiger partial charge < -0.3 is 10.5 Å². The predicted molar refractivity (Wildman–Crippen MR) is 61.7 cm³/mol. The van der Waals surface area contributed by atoms with Gasteiger partial charge in [0.25, 0.3) is 5.69 Å². The van der Waals surface area contributed by atoms with Crippen LogP contribution in [0.4, 0.5) is 10.1 Å². The number of halogens is 1. The zero-order chi connectivity index (χ0) is 13.0. The molecule has 0 aliphatic heterocycles. The summed E-state index contributed by atoms with van der Waals surface area (Å²) in [7, 11) is 1.34. The maximum Gasteiger partial charge on any atom is 0.272 e. The molecule has 0 aromatic heterocycles. The Bertz CT molecular complexity index is 423. The Morgan fingerprint density at radius 1 is 1.59 bits per heavy atom. The van der Waals surface area contributed by atoms with Crippen LogP contribution in [-0.4, -0.2) is 18.6 Å². The molecule has 0 saturated heterocycles. The van der Waals surface area contributed by atoms with E-state index in [0.717, 1.165) is 6.07 Å². The summed E-state index contributed by atoms with van der Waals surface area (Å²) in [5.74, 6) is -0.763. The van der Waals surface area contributed by atoms with Crippen molar-refractivity contribution in [1.29, 1.82) is 0 Å². The Hall–Kier alpha value is -1.69. The molecular weight excluding hydrogens is 227 g/mol. The molecule has 0 radical (unpaired) electrons. The van der Waals surface area contributed by atoms with Crippen LogP contribution in [0.25, 0.3) is 0 Å². The second kappa shape index (κ2) is 5.58. The van der Waals surface area contributed by atoms with Gasteiger partial charge in [0.15, 0.2) is 11.6 Å². The van der Waals surface area contributed by atoms with E-state index in [-0.39, 0.29) is 17.4 Å². The first-order valence-electron chi connectivity index (χ1n) is 5.23. The third-order valence-electron chi connectivity index (χ3n) is 2.60. The fourth-order valence-electron chi connectivity index (χ4n) is 1.69. The van der Waals surface area contributed by atoms with Gasteiger partial charge in [0, 0.05) is 11.6 Å². The van der Waals surface area contributed by atoms with E-state index in [1.165, 1.54) is 13.2 Å². The van der Waals surface area contributed by atoms with Crippen LogP contribution in [0.5, 0.6) is 5.75 Å². The number of nitrogens with two attached hydrogens (primary N) is 1. The fraction of sp³-hybridized carbons (Fsp3) is 0.455. The molecule has 0 fully saturated rings. The Balaban J connectivity index is 3.28. The number of rotatable bonds is 5. The summed E-state index contributed by atoms with van der Waals surface area (Å²) < 4.78 is 18.6. The van der Waals surface area contributed by atoms with Crippen LogP contribution < -0.4 is 10.5 Å². The van der Waals surface area contributed by atoms with Gasteiger partial charge in [0.05, 0.1) is 18.1 Å². The lowest BCUT2D eigenvalue weighted by Gasteiger charge is -2.15. The van der Waals surface area contributed by atoms with Crippen LogP contribution in [0.15, 0.2) is 12.1 Å². The van der Waals surface area contributed by atoms with Crippen LogP contribution in [0.3, 0.4) is 0 Å². The normalized spacial score (nSPS) is 12.2. The molecule has 1 rings (SSSR count). The lowest BCUT2D eigenvalue weighted by Crippen LogP contribution is -2.07. The van der Waals surface area contributed by atoms with Crippen molar-refractivity contribution >= 4 is 5.69 Å². The lowest BCUT2D eigenvalue weighted by molar-refractivity contribution is -0.385. The summed E-state index contributed by atoms with van der Waals surface area (Å²) in [6.07, 6.45) is 0.608. The summed E-state index contributed by atoms with van der Waals surface area (Å²) in [5, 5.41) is 10.7. The average Bonchev–Trinajstić information content (AvgIpc) is 2.28. The van der Waals surface area contributed by atoms with Gasteiger partial charge in [-0.1, -0.05) is 6.92 Å². The molecule has 0 amide bonds. The number of nitro benzene ring substituents is 1.